The van der Waals surface area contributed by atoms with Crippen molar-refractivity contribution in [1.82, 2.24) is 10.2 Å². The first-order valence-electron chi connectivity index (χ1n) is 8.25. The number of amides is 1. The Hall–Kier alpha value is -0.220. The number of hydrogen-bond donors (Lipinski definition) is 1. The minimum Gasteiger partial charge on any atom is -0.340 e. The zero-order valence-electron chi connectivity index (χ0n) is 12.9. The van der Waals surface area contributed by atoms with E-state index >= 15 is 0 Å². The molecule has 2 aliphatic heterocycles. The van der Waals surface area contributed by atoms with Crippen LogP contribution in [-0.4, -0.2) is 48.0 Å². The average Bonchev–Trinajstić information content (AvgIpc) is 2.91. The minimum atomic E-state index is -0.0538. The van der Waals surface area contributed by atoms with E-state index in [0.29, 0.717) is 23.0 Å². The summed E-state index contributed by atoms with van der Waals surface area (Å²) in [7, 11) is 0. The fraction of sp³-hybridized carbons (Fsp3) is 0.938. The van der Waals surface area contributed by atoms with Gasteiger partial charge in [0.2, 0.25) is 5.91 Å². The van der Waals surface area contributed by atoms with E-state index in [4.69, 9.17) is 0 Å². The van der Waals surface area contributed by atoms with Crippen molar-refractivity contribution >= 4 is 17.7 Å². The van der Waals surface area contributed by atoms with Gasteiger partial charge < -0.3 is 10.2 Å². The van der Waals surface area contributed by atoms with E-state index < -0.39 is 0 Å². The van der Waals surface area contributed by atoms with Gasteiger partial charge in [-0.1, -0.05) is 26.7 Å². The third kappa shape index (κ3) is 2.50. The summed E-state index contributed by atoms with van der Waals surface area (Å²) in [6.07, 6.45) is 4.90. The zero-order valence-corrected chi connectivity index (χ0v) is 13.7. The lowest BCUT2D eigenvalue weighted by Gasteiger charge is -2.43. The molecule has 1 N–H and O–H groups in total. The molecule has 0 aromatic rings. The van der Waals surface area contributed by atoms with Crippen LogP contribution in [0, 0.1) is 17.3 Å². The maximum Gasteiger partial charge on any atom is 0.230 e. The second-order valence-corrected chi connectivity index (χ2v) is 8.48. The number of thioether (sulfide) groups is 1. The monoisotopic (exact) mass is 296 g/mol. The standard InChI is InChI=1S/C16H28N2OS/c1-12(2)14-10-18(7-8-20-14)15(19)16-6-4-3-5-13(16)9-17-11-16/h12-14,17H,3-11H2,1-2H3/t13-,14?,16+/m0/s1. The minimum absolute atomic E-state index is 0.0538. The first-order valence-corrected chi connectivity index (χ1v) is 9.30. The van der Waals surface area contributed by atoms with Gasteiger partial charge in [-0.05, 0) is 31.2 Å². The van der Waals surface area contributed by atoms with Gasteiger partial charge in [0.1, 0.15) is 0 Å². The Morgan fingerprint density at radius 1 is 1.40 bits per heavy atom. The highest BCUT2D eigenvalue weighted by Crippen LogP contribution is 2.45. The van der Waals surface area contributed by atoms with E-state index in [2.05, 4.69) is 35.8 Å². The average molecular weight is 296 g/mol. The fourth-order valence-electron chi connectivity index (χ4n) is 4.25. The fourth-order valence-corrected chi connectivity index (χ4v) is 5.55. The molecule has 1 unspecified atom stereocenters. The van der Waals surface area contributed by atoms with Gasteiger partial charge in [0.15, 0.2) is 0 Å². The summed E-state index contributed by atoms with van der Waals surface area (Å²) < 4.78 is 0. The summed E-state index contributed by atoms with van der Waals surface area (Å²) in [4.78, 5) is 15.4. The van der Waals surface area contributed by atoms with Crippen molar-refractivity contribution in [1.29, 1.82) is 0 Å². The Balaban J connectivity index is 1.74. The highest BCUT2D eigenvalue weighted by atomic mass is 32.2. The van der Waals surface area contributed by atoms with Gasteiger partial charge in [-0.2, -0.15) is 11.8 Å². The number of hydrogen-bond acceptors (Lipinski definition) is 3. The predicted octanol–water partition coefficient (Wildman–Crippen LogP) is 2.37. The van der Waals surface area contributed by atoms with Crippen LogP contribution >= 0.6 is 11.8 Å². The summed E-state index contributed by atoms with van der Waals surface area (Å²) in [5.74, 6) is 2.84. The molecule has 3 nitrogen and oxygen atoms in total. The van der Waals surface area contributed by atoms with Crippen LogP contribution in [0.5, 0.6) is 0 Å². The third-order valence-corrected chi connectivity index (χ3v) is 7.13. The van der Waals surface area contributed by atoms with Gasteiger partial charge in [0.05, 0.1) is 5.41 Å². The number of carbonyl (C=O) groups excluding carboxylic acids is 1. The smallest absolute Gasteiger partial charge is 0.230 e. The Morgan fingerprint density at radius 2 is 2.25 bits per heavy atom. The van der Waals surface area contributed by atoms with Crippen LogP contribution in [0.1, 0.15) is 39.5 Å². The summed E-state index contributed by atoms with van der Waals surface area (Å²) in [5.41, 5.74) is -0.0538. The van der Waals surface area contributed by atoms with Gasteiger partial charge in [-0.15, -0.1) is 0 Å². The Morgan fingerprint density at radius 3 is 3.05 bits per heavy atom. The van der Waals surface area contributed by atoms with Gasteiger partial charge in [0, 0.05) is 30.6 Å². The molecule has 3 fully saturated rings. The largest absolute Gasteiger partial charge is 0.340 e. The zero-order chi connectivity index (χ0) is 14.2. The lowest BCUT2D eigenvalue weighted by atomic mass is 9.67. The van der Waals surface area contributed by atoms with Crippen LogP contribution in [0.15, 0.2) is 0 Å². The molecule has 2 heterocycles. The molecule has 2 saturated heterocycles. The van der Waals surface area contributed by atoms with Crippen molar-refractivity contribution in [2.45, 2.75) is 44.8 Å². The van der Waals surface area contributed by atoms with Crippen LogP contribution < -0.4 is 5.32 Å². The first-order chi connectivity index (χ1) is 9.63. The summed E-state index contributed by atoms with van der Waals surface area (Å²) in [5, 5.41) is 4.13. The van der Waals surface area contributed by atoms with Crippen molar-refractivity contribution in [3.05, 3.63) is 0 Å². The van der Waals surface area contributed by atoms with Crippen molar-refractivity contribution < 1.29 is 4.79 Å². The summed E-state index contributed by atoms with van der Waals surface area (Å²) in [6.45, 7) is 8.47. The summed E-state index contributed by atoms with van der Waals surface area (Å²) >= 11 is 2.05. The van der Waals surface area contributed by atoms with Crippen molar-refractivity contribution in [3.8, 4) is 0 Å². The second kappa shape index (κ2) is 5.88. The SMILES string of the molecule is CC(C)C1CN(C(=O)[C@@]23CCCC[C@H]2CNC3)CCS1. The van der Waals surface area contributed by atoms with Crippen LogP contribution in [-0.2, 0) is 4.79 Å². The van der Waals surface area contributed by atoms with Crippen molar-refractivity contribution in [3.63, 3.8) is 0 Å². The molecule has 3 atom stereocenters. The molecule has 3 rings (SSSR count). The van der Waals surface area contributed by atoms with Crippen LogP contribution in [0.2, 0.25) is 0 Å². The number of rotatable bonds is 2. The molecule has 114 valence electrons. The lowest BCUT2D eigenvalue weighted by molar-refractivity contribution is -0.145. The Labute approximate surface area is 127 Å². The Kier molecular flexibility index (Phi) is 4.32. The quantitative estimate of drug-likeness (QED) is 0.849. The molecule has 0 aromatic carbocycles. The van der Waals surface area contributed by atoms with E-state index in [1.54, 1.807) is 0 Å². The molecule has 1 amide bonds. The molecular formula is C16H28N2OS. The second-order valence-electron chi connectivity index (χ2n) is 7.13. The Bertz CT molecular complexity index is 373. The number of fused-ring (bicyclic) bond motifs is 1. The number of carbonyl (C=O) groups is 1. The molecule has 0 bridgehead atoms. The molecule has 0 spiro atoms. The van der Waals surface area contributed by atoms with Crippen LogP contribution in [0.4, 0.5) is 0 Å². The molecule has 1 saturated carbocycles. The van der Waals surface area contributed by atoms with E-state index in [0.717, 1.165) is 38.4 Å². The molecule has 3 aliphatic rings. The van der Waals surface area contributed by atoms with Gasteiger partial charge >= 0.3 is 0 Å². The number of nitrogens with one attached hydrogen (secondary N) is 1. The molecule has 0 aromatic heterocycles. The van der Waals surface area contributed by atoms with Gasteiger partial charge in [-0.25, -0.2) is 0 Å². The topological polar surface area (TPSA) is 32.3 Å². The molecule has 1 aliphatic carbocycles. The highest BCUT2D eigenvalue weighted by molar-refractivity contribution is 8.00. The first kappa shape index (κ1) is 14.7. The maximum absolute atomic E-state index is 13.2. The molecule has 4 heteroatoms. The molecule has 0 radical (unpaired) electrons. The van der Waals surface area contributed by atoms with Gasteiger partial charge in [0.25, 0.3) is 0 Å². The van der Waals surface area contributed by atoms with Crippen LogP contribution in [0.25, 0.3) is 0 Å². The lowest BCUT2D eigenvalue weighted by Crippen LogP contribution is -2.53. The van der Waals surface area contributed by atoms with Crippen LogP contribution in [0.3, 0.4) is 0 Å². The number of nitrogens with zero attached hydrogens (tertiary/aromatic N) is 1. The molecular weight excluding hydrogens is 268 g/mol. The van der Waals surface area contributed by atoms with Gasteiger partial charge in [-0.3, -0.25) is 4.79 Å². The maximum atomic E-state index is 13.2. The molecule has 20 heavy (non-hydrogen) atoms. The van der Waals surface area contributed by atoms with Crippen molar-refractivity contribution in [2.75, 3.05) is 31.9 Å². The summed E-state index contributed by atoms with van der Waals surface area (Å²) in [6, 6.07) is 0. The third-order valence-electron chi connectivity index (χ3n) is 5.59. The highest BCUT2D eigenvalue weighted by Gasteiger charge is 2.51. The van der Waals surface area contributed by atoms with E-state index in [-0.39, 0.29) is 5.41 Å². The normalized spacial score (nSPS) is 38.0. The van der Waals surface area contributed by atoms with E-state index in [9.17, 15) is 4.79 Å². The van der Waals surface area contributed by atoms with E-state index in [1.165, 1.54) is 19.3 Å². The van der Waals surface area contributed by atoms with E-state index in [1.807, 2.05) is 0 Å². The van der Waals surface area contributed by atoms with Crippen molar-refractivity contribution in [2.24, 2.45) is 17.3 Å². The predicted molar refractivity (Wildman–Crippen MR) is 84.9 cm³/mol.